The van der Waals surface area contributed by atoms with Crippen LogP contribution in [0.25, 0.3) is 0 Å². The Balaban J connectivity index is 2.16. The van der Waals surface area contributed by atoms with Gasteiger partial charge in [0.25, 0.3) is 0 Å². The van der Waals surface area contributed by atoms with Gasteiger partial charge in [-0.25, -0.2) is 0 Å². The molecule has 0 spiro atoms. The fraction of sp³-hybridized carbons (Fsp3) is 0.429. The van der Waals surface area contributed by atoms with Gasteiger partial charge in [0.05, 0.1) is 12.7 Å². The average Bonchev–Trinajstić information content (AvgIpc) is 2.50. The highest BCUT2D eigenvalue weighted by atomic mass is 16.6. The first-order chi connectivity index (χ1) is 3.83. The van der Waals surface area contributed by atoms with Crippen LogP contribution in [0.5, 0.6) is 0 Å². The van der Waals surface area contributed by atoms with Crippen LogP contribution in [0, 0.1) is 0 Å². The van der Waals surface area contributed by atoms with Crippen molar-refractivity contribution in [3.05, 3.63) is 24.8 Å². The van der Waals surface area contributed by atoms with E-state index in [2.05, 4.69) is 13.2 Å². The van der Waals surface area contributed by atoms with Crippen LogP contribution in [0.3, 0.4) is 0 Å². The van der Waals surface area contributed by atoms with Crippen LogP contribution in [0.4, 0.5) is 0 Å². The number of ether oxygens (including phenoxy) is 1. The molecule has 0 N–H and O–H groups in total. The maximum Gasteiger partial charge on any atom is 0.0849 e. The van der Waals surface area contributed by atoms with E-state index in [1.54, 1.807) is 6.08 Å². The summed E-state index contributed by atoms with van der Waals surface area (Å²) in [6.07, 6.45) is 3.20. The molecule has 0 aromatic rings. The molecule has 1 heteroatoms. The maximum absolute atomic E-state index is 4.97. The smallest absolute Gasteiger partial charge is 0.0849 e. The Morgan fingerprint density at radius 2 is 2.50 bits per heavy atom. The summed E-state index contributed by atoms with van der Waals surface area (Å²) in [6, 6.07) is 0. The van der Waals surface area contributed by atoms with Gasteiger partial charge in [-0.15, -0.1) is 0 Å². The van der Waals surface area contributed by atoms with Crippen LogP contribution in [0.15, 0.2) is 24.8 Å². The molecule has 0 bridgehead atoms. The minimum atomic E-state index is 0.459. The monoisotopic (exact) mass is 110 g/mol. The summed E-state index contributed by atoms with van der Waals surface area (Å²) in [5.74, 6) is 0. The van der Waals surface area contributed by atoms with E-state index in [1.807, 2.05) is 0 Å². The standard InChI is InChI=1S/C7H10O/c1-3-6(2)4-7-5-8-7/h3,7H,1-2,4-5H2. The van der Waals surface area contributed by atoms with Crippen LogP contribution in [-0.2, 0) is 4.74 Å². The molecular weight excluding hydrogens is 100 g/mol. The molecule has 1 heterocycles. The molecule has 1 saturated heterocycles. The molecule has 1 aliphatic rings. The molecule has 1 rings (SSSR count). The summed E-state index contributed by atoms with van der Waals surface area (Å²) in [6.45, 7) is 8.25. The maximum atomic E-state index is 4.97. The Morgan fingerprint density at radius 1 is 1.88 bits per heavy atom. The quantitative estimate of drug-likeness (QED) is 0.396. The van der Waals surface area contributed by atoms with E-state index in [0.29, 0.717) is 6.10 Å². The van der Waals surface area contributed by atoms with Crippen LogP contribution in [0.2, 0.25) is 0 Å². The van der Waals surface area contributed by atoms with Gasteiger partial charge in [-0.3, -0.25) is 0 Å². The summed E-state index contributed by atoms with van der Waals surface area (Å²) in [7, 11) is 0. The highest BCUT2D eigenvalue weighted by Crippen LogP contribution is 2.17. The van der Waals surface area contributed by atoms with Crippen LogP contribution >= 0.6 is 0 Å². The minimum absolute atomic E-state index is 0.459. The number of rotatable bonds is 3. The van der Waals surface area contributed by atoms with Crippen molar-refractivity contribution in [1.82, 2.24) is 0 Å². The highest BCUT2D eigenvalue weighted by molar-refractivity contribution is 5.12. The molecule has 44 valence electrons. The van der Waals surface area contributed by atoms with Crippen LogP contribution in [0.1, 0.15) is 6.42 Å². The zero-order valence-electron chi connectivity index (χ0n) is 4.89. The fourth-order valence-electron chi connectivity index (χ4n) is 0.562. The van der Waals surface area contributed by atoms with E-state index in [0.717, 1.165) is 18.6 Å². The molecule has 8 heavy (non-hydrogen) atoms. The Hall–Kier alpha value is -0.560. The van der Waals surface area contributed by atoms with E-state index < -0.39 is 0 Å². The van der Waals surface area contributed by atoms with Crippen LogP contribution < -0.4 is 0 Å². The first-order valence-corrected chi connectivity index (χ1v) is 2.74. The largest absolute Gasteiger partial charge is 0.373 e. The fourth-order valence-corrected chi connectivity index (χ4v) is 0.562. The molecule has 0 amide bonds. The zero-order chi connectivity index (χ0) is 5.98. The van der Waals surface area contributed by atoms with Gasteiger partial charge in [0.1, 0.15) is 0 Å². The number of allylic oxidation sites excluding steroid dienone is 1. The summed E-state index contributed by atoms with van der Waals surface area (Å²) in [5.41, 5.74) is 1.08. The second-order valence-corrected chi connectivity index (χ2v) is 2.02. The van der Waals surface area contributed by atoms with E-state index >= 15 is 0 Å². The lowest BCUT2D eigenvalue weighted by atomic mass is 10.2. The van der Waals surface area contributed by atoms with Crippen molar-refractivity contribution in [3.8, 4) is 0 Å². The highest BCUT2D eigenvalue weighted by Gasteiger charge is 2.21. The second kappa shape index (κ2) is 2.14. The lowest BCUT2D eigenvalue weighted by molar-refractivity contribution is 0.408. The number of epoxide rings is 1. The first kappa shape index (κ1) is 5.57. The molecular formula is C7H10O. The Labute approximate surface area is 49.7 Å². The van der Waals surface area contributed by atoms with E-state index in [-0.39, 0.29) is 0 Å². The van der Waals surface area contributed by atoms with Gasteiger partial charge in [0.2, 0.25) is 0 Å². The van der Waals surface area contributed by atoms with Gasteiger partial charge in [0.15, 0.2) is 0 Å². The van der Waals surface area contributed by atoms with Crippen molar-refractivity contribution in [2.75, 3.05) is 6.61 Å². The molecule has 0 aromatic carbocycles. The van der Waals surface area contributed by atoms with Gasteiger partial charge in [-0.2, -0.15) is 0 Å². The predicted octanol–water partition coefficient (Wildman–Crippen LogP) is 1.52. The SMILES string of the molecule is C=CC(=C)CC1CO1. The molecule has 0 radical (unpaired) electrons. The Bertz CT molecular complexity index is 112. The van der Waals surface area contributed by atoms with Gasteiger partial charge >= 0.3 is 0 Å². The molecule has 1 atom stereocenters. The van der Waals surface area contributed by atoms with Crippen molar-refractivity contribution in [2.24, 2.45) is 0 Å². The molecule has 0 saturated carbocycles. The molecule has 1 fully saturated rings. The topological polar surface area (TPSA) is 12.5 Å². The Kier molecular flexibility index (Phi) is 1.49. The lowest BCUT2D eigenvalue weighted by Crippen LogP contribution is -1.84. The summed E-state index contributed by atoms with van der Waals surface area (Å²) in [5, 5.41) is 0. The first-order valence-electron chi connectivity index (χ1n) is 2.74. The molecule has 1 nitrogen and oxygen atoms in total. The summed E-state index contributed by atoms with van der Waals surface area (Å²) in [4.78, 5) is 0. The van der Waals surface area contributed by atoms with Gasteiger partial charge < -0.3 is 4.74 Å². The Morgan fingerprint density at radius 3 is 2.88 bits per heavy atom. The van der Waals surface area contributed by atoms with E-state index in [1.165, 1.54) is 0 Å². The number of hydrogen-bond donors (Lipinski definition) is 0. The van der Waals surface area contributed by atoms with E-state index in [4.69, 9.17) is 4.74 Å². The van der Waals surface area contributed by atoms with Crippen molar-refractivity contribution in [1.29, 1.82) is 0 Å². The second-order valence-electron chi connectivity index (χ2n) is 2.02. The number of hydrogen-bond acceptors (Lipinski definition) is 1. The van der Waals surface area contributed by atoms with Gasteiger partial charge in [0, 0.05) is 6.42 Å². The average molecular weight is 110 g/mol. The zero-order valence-corrected chi connectivity index (χ0v) is 4.89. The summed E-state index contributed by atoms with van der Waals surface area (Å²) >= 11 is 0. The molecule has 0 aliphatic carbocycles. The van der Waals surface area contributed by atoms with Crippen molar-refractivity contribution >= 4 is 0 Å². The van der Waals surface area contributed by atoms with Gasteiger partial charge in [-0.05, 0) is 0 Å². The van der Waals surface area contributed by atoms with E-state index in [9.17, 15) is 0 Å². The third kappa shape index (κ3) is 1.51. The normalized spacial score (nSPS) is 24.8. The molecule has 0 aromatic heterocycles. The van der Waals surface area contributed by atoms with Crippen LogP contribution in [-0.4, -0.2) is 12.7 Å². The predicted molar refractivity (Wildman–Crippen MR) is 33.7 cm³/mol. The minimum Gasteiger partial charge on any atom is -0.373 e. The van der Waals surface area contributed by atoms with Gasteiger partial charge in [-0.1, -0.05) is 24.8 Å². The third-order valence-corrected chi connectivity index (χ3v) is 1.18. The lowest BCUT2D eigenvalue weighted by Gasteiger charge is -1.90. The molecule has 1 aliphatic heterocycles. The molecule has 1 unspecified atom stereocenters. The third-order valence-electron chi connectivity index (χ3n) is 1.18. The van der Waals surface area contributed by atoms with Crippen molar-refractivity contribution in [2.45, 2.75) is 12.5 Å². The van der Waals surface area contributed by atoms with Crippen molar-refractivity contribution in [3.63, 3.8) is 0 Å². The summed E-state index contributed by atoms with van der Waals surface area (Å²) < 4.78 is 4.97. The van der Waals surface area contributed by atoms with Crippen molar-refractivity contribution < 1.29 is 4.74 Å².